The van der Waals surface area contributed by atoms with Gasteiger partial charge in [-0.25, -0.2) is 0 Å². The Bertz CT molecular complexity index is 868. The van der Waals surface area contributed by atoms with E-state index in [-0.39, 0.29) is 5.91 Å². The molecule has 0 unspecified atom stereocenters. The average molecular weight is 360 g/mol. The summed E-state index contributed by atoms with van der Waals surface area (Å²) in [6, 6.07) is 17.7. The third kappa shape index (κ3) is 5.46. The maximum Gasteiger partial charge on any atom is 0.255 e. The molecule has 3 aromatic rings. The molecule has 138 valence electrons. The highest BCUT2D eigenvalue weighted by molar-refractivity contribution is 6.04. The zero-order chi connectivity index (χ0) is 19.1. The monoisotopic (exact) mass is 360 g/mol. The van der Waals surface area contributed by atoms with Crippen LogP contribution in [-0.4, -0.2) is 33.9 Å². The molecule has 0 spiro atoms. The van der Waals surface area contributed by atoms with Gasteiger partial charge in [0.2, 0.25) is 0 Å². The summed E-state index contributed by atoms with van der Waals surface area (Å²) in [6.07, 6.45) is 6.03. The van der Waals surface area contributed by atoms with Gasteiger partial charge < -0.3 is 5.32 Å². The molecule has 0 aliphatic carbocycles. The fourth-order valence-electron chi connectivity index (χ4n) is 2.87. The van der Waals surface area contributed by atoms with Gasteiger partial charge in [0.1, 0.15) is 0 Å². The molecule has 5 nitrogen and oxygen atoms in total. The second-order valence-electron chi connectivity index (χ2n) is 6.69. The Morgan fingerprint density at radius 2 is 2.00 bits per heavy atom. The van der Waals surface area contributed by atoms with E-state index >= 15 is 0 Å². The summed E-state index contributed by atoms with van der Waals surface area (Å²) in [5.74, 6) is -0.131. The number of hydrogen-bond donors (Lipinski definition) is 1. The molecule has 0 aliphatic heterocycles. The minimum atomic E-state index is -0.131. The standard InChI is InChI=1S/C22H24N4O/c1-17(13-20-9-3-4-12-24-20)26(2)16-18-7-5-8-19(14-18)22(27)25-21-10-6-11-23-15-21/h3-12,14-15,17H,13,16H2,1-2H3,(H,25,27)/t17-/m1/s1. The number of nitrogens with zero attached hydrogens (tertiary/aromatic N) is 3. The smallest absolute Gasteiger partial charge is 0.255 e. The van der Waals surface area contributed by atoms with E-state index in [0.717, 1.165) is 24.2 Å². The first-order valence-electron chi connectivity index (χ1n) is 9.02. The van der Waals surface area contributed by atoms with Gasteiger partial charge in [0.25, 0.3) is 5.91 Å². The van der Waals surface area contributed by atoms with Crippen LogP contribution in [0.1, 0.15) is 28.5 Å². The Kier molecular flexibility index (Phi) is 6.28. The topological polar surface area (TPSA) is 58.1 Å². The Morgan fingerprint density at radius 1 is 1.11 bits per heavy atom. The summed E-state index contributed by atoms with van der Waals surface area (Å²) in [5.41, 5.74) is 3.52. The summed E-state index contributed by atoms with van der Waals surface area (Å²) < 4.78 is 0. The number of carbonyl (C=O) groups is 1. The molecule has 5 heteroatoms. The Hall–Kier alpha value is -3.05. The molecule has 3 rings (SSSR count). The summed E-state index contributed by atoms with van der Waals surface area (Å²) in [6.45, 7) is 2.95. The van der Waals surface area contributed by atoms with Crippen molar-refractivity contribution in [2.24, 2.45) is 0 Å². The van der Waals surface area contributed by atoms with E-state index in [1.165, 1.54) is 0 Å². The Morgan fingerprint density at radius 3 is 2.74 bits per heavy atom. The molecule has 2 heterocycles. The minimum absolute atomic E-state index is 0.131. The van der Waals surface area contributed by atoms with E-state index in [1.807, 2.05) is 54.7 Å². The molecule has 2 aromatic heterocycles. The fourth-order valence-corrected chi connectivity index (χ4v) is 2.87. The van der Waals surface area contributed by atoms with Gasteiger partial charge in [-0.1, -0.05) is 18.2 Å². The van der Waals surface area contributed by atoms with Gasteiger partial charge in [-0.05, 0) is 55.9 Å². The second-order valence-corrected chi connectivity index (χ2v) is 6.69. The second kappa shape index (κ2) is 9.05. The lowest BCUT2D eigenvalue weighted by Gasteiger charge is -2.24. The largest absolute Gasteiger partial charge is 0.321 e. The van der Waals surface area contributed by atoms with E-state index in [9.17, 15) is 4.79 Å². The first-order valence-corrected chi connectivity index (χ1v) is 9.02. The Labute approximate surface area is 160 Å². The van der Waals surface area contributed by atoms with E-state index in [0.29, 0.717) is 17.3 Å². The van der Waals surface area contributed by atoms with Gasteiger partial charge in [-0.3, -0.25) is 19.7 Å². The van der Waals surface area contributed by atoms with Gasteiger partial charge in [-0.2, -0.15) is 0 Å². The number of aromatic nitrogens is 2. The highest BCUT2D eigenvalue weighted by Crippen LogP contribution is 2.13. The van der Waals surface area contributed by atoms with Crippen LogP contribution in [0.2, 0.25) is 0 Å². The van der Waals surface area contributed by atoms with Crippen molar-refractivity contribution in [2.45, 2.75) is 25.9 Å². The fraction of sp³-hybridized carbons (Fsp3) is 0.227. The van der Waals surface area contributed by atoms with Gasteiger partial charge in [0, 0.05) is 42.7 Å². The number of hydrogen-bond acceptors (Lipinski definition) is 4. The molecular weight excluding hydrogens is 336 g/mol. The predicted octanol–water partition coefficient (Wildman–Crippen LogP) is 3.79. The number of nitrogens with one attached hydrogen (secondary N) is 1. The summed E-state index contributed by atoms with van der Waals surface area (Å²) in [5, 5.41) is 2.87. The average Bonchev–Trinajstić information content (AvgIpc) is 2.69. The van der Waals surface area contributed by atoms with Crippen LogP contribution in [-0.2, 0) is 13.0 Å². The molecule has 0 saturated carbocycles. The van der Waals surface area contributed by atoms with Crippen LogP contribution >= 0.6 is 0 Å². The van der Waals surface area contributed by atoms with Crippen molar-refractivity contribution in [1.29, 1.82) is 0 Å². The van der Waals surface area contributed by atoms with E-state index in [2.05, 4.69) is 34.2 Å². The Balaban J connectivity index is 1.62. The van der Waals surface area contributed by atoms with Crippen LogP contribution < -0.4 is 5.32 Å². The molecule has 27 heavy (non-hydrogen) atoms. The molecule has 1 aromatic carbocycles. The van der Waals surface area contributed by atoms with E-state index < -0.39 is 0 Å². The highest BCUT2D eigenvalue weighted by atomic mass is 16.1. The van der Waals surface area contributed by atoms with Crippen molar-refractivity contribution in [1.82, 2.24) is 14.9 Å². The van der Waals surface area contributed by atoms with Crippen LogP contribution in [0.3, 0.4) is 0 Å². The number of likely N-dealkylation sites (N-methyl/N-ethyl adjacent to an activating group) is 1. The van der Waals surface area contributed by atoms with Crippen molar-refractivity contribution >= 4 is 11.6 Å². The van der Waals surface area contributed by atoms with Gasteiger partial charge in [0.15, 0.2) is 0 Å². The van der Waals surface area contributed by atoms with Crippen molar-refractivity contribution in [3.8, 4) is 0 Å². The van der Waals surface area contributed by atoms with Crippen LogP contribution in [0.15, 0.2) is 73.2 Å². The minimum Gasteiger partial charge on any atom is -0.321 e. The van der Waals surface area contributed by atoms with Gasteiger partial charge in [0.05, 0.1) is 11.9 Å². The molecule has 1 atom stereocenters. The third-order valence-electron chi connectivity index (χ3n) is 4.52. The van der Waals surface area contributed by atoms with Gasteiger partial charge in [-0.15, -0.1) is 0 Å². The molecule has 0 radical (unpaired) electrons. The van der Waals surface area contributed by atoms with Crippen LogP contribution in [0.5, 0.6) is 0 Å². The number of carbonyl (C=O) groups excluding carboxylic acids is 1. The zero-order valence-corrected chi connectivity index (χ0v) is 15.7. The summed E-state index contributed by atoms with van der Waals surface area (Å²) in [7, 11) is 2.09. The number of anilines is 1. The molecule has 1 N–H and O–H groups in total. The number of amides is 1. The van der Waals surface area contributed by atoms with Crippen molar-refractivity contribution in [2.75, 3.05) is 12.4 Å². The maximum atomic E-state index is 12.5. The molecular formula is C22H24N4O. The molecule has 0 saturated heterocycles. The van der Waals surface area contributed by atoms with Crippen molar-refractivity contribution in [3.63, 3.8) is 0 Å². The van der Waals surface area contributed by atoms with Crippen molar-refractivity contribution in [3.05, 3.63) is 90.0 Å². The number of benzene rings is 1. The third-order valence-corrected chi connectivity index (χ3v) is 4.52. The van der Waals surface area contributed by atoms with E-state index in [1.54, 1.807) is 18.5 Å². The lowest BCUT2D eigenvalue weighted by atomic mass is 10.1. The lowest BCUT2D eigenvalue weighted by Crippen LogP contribution is -2.30. The van der Waals surface area contributed by atoms with Gasteiger partial charge >= 0.3 is 0 Å². The van der Waals surface area contributed by atoms with Crippen molar-refractivity contribution < 1.29 is 4.79 Å². The summed E-state index contributed by atoms with van der Waals surface area (Å²) >= 11 is 0. The van der Waals surface area contributed by atoms with Crippen LogP contribution in [0, 0.1) is 0 Å². The first kappa shape index (κ1) is 18.7. The number of rotatable bonds is 7. The first-order chi connectivity index (χ1) is 13.1. The molecule has 0 fully saturated rings. The van der Waals surface area contributed by atoms with Crippen LogP contribution in [0.25, 0.3) is 0 Å². The molecule has 1 amide bonds. The normalized spacial score (nSPS) is 12.0. The molecule has 0 aliphatic rings. The van der Waals surface area contributed by atoms with Crippen LogP contribution in [0.4, 0.5) is 5.69 Å². The SMILES string of the molecule is C[C@H](Cc1ccccn1)N(C)Cc1cccc(C(=O)Nc2cccnc2)c1. The zero-order valence-electron chi connectivity index (χ0n) is 15.7. The quantitative estimate of drug-likeness (QED) is 0.696. The van der Waals surface area contributed by atoms with E-state index in [4.69, 9.17) is 0 Å². The lowest BCUT2D eigenvalue weighted by molar-refractivity contribution is 0.102. The predicted molar refractivity (Wildman–Crippen MR) is 108 cm³/mol. The maximum absolute atomic E-state index is 12.5. The number of pyridine rings is 2. The molecule has 0 bridgehead atoms. The highest BCUT2D eigenvalue weighted by Gasteiger charge is 2.13. The summed E-state index contributed by atoms with van der Waals surface area (Å²) in [4.78, 5) is 23.2.